The molecule has 0 spiro atoms. The Morgan fingerprint density at radius 1 is 1.47 bits per heavy atom. The van der Waals surface area contributed by atoms with E-state index < -0.39 is 0 Å². The summed E-state index contributed by atoms with van der Waals surface area (Å²) in [6.45, 7) is 1.94. The Balaban J connectivity index is 2.09. The van der Waals surface area contributed by atoms with E-state index in [0.29, 0.717) is 22.8 Å². The van der Waals surface area contributed by atoms with E-state index in [-0.39, 0.29) is 12.5 Å². The predicted molar refractivity (Wildman–Crippen MR) is 73.6 cm³/mol. The van der Waals surface area contributed by atoms with Gasteiger partial charge >= 0.3 is 0 Å². The molecule has 6 heteroatoms. The lowest BCUT2D eigenvalue weighted by atomic mass is 10.2. The minimum atomic E-state index is -0.381. The summed E-state index contributed by atoms with van der Waals surface area (Å²) in [5.41, 5.74) is 2.48. The van der Waals surface area contributed by atoms with Crippen molar-refractivity contribution in [3.63, 3.8) is 0 Å². The quantitative estimate of drug-likeness (QED) is 0.514. The van der Waals surface area contributed by atoms with Crippen LogP contribution in [0.4, 0.5) is 0 Å². The molecule has 1 amide bonds. The second kappa shape index (κ2) is 5.90. The molecule has 0 saturated carbocycles. The van der Waals surface area contributed by atoms with Crippen LogP contribution < -0.4 is 16.0 Å². The Labute approximate surface area is 118 Å². The largest absolute Gasteiger partial charge is 0.484 e. The first-order valence-electron chi connectivity index (χ1n) is 5.59. The number of nitrogens with two attached hydrogens (primary N) is 1. The molecule has 0 radical (unpaired) electrons. The number of hydrazine groups is 1. The summed E-state index contributed by atoms with van der Waals surface area (Å²) in [7, 11) is 0. The molecule has 1 aromatic heterocycles. The molecule has 0 unspecified atom stereocenters. The maximum atomic E-state index is 11.4. The molecule has 2 rings (SSSR count). The van der Waals surface area contributed by atoms with Crippen LogP contribution in [-0.2, 0) is 6.61 Å². The van der Waals surface area contributed by atoms with E-state index in [2.05, 4.69) is 21.4 Å². The molecular weight excluding hydrogens is 312 g/mol. The number of benzene rings is 1. The van der Waals surface area contributed by atoms with Crippen molar-refractivity contribution in [1.82, 2.24) is 5.43 Å². The number of nitrogens with one attached hydrogen (secondary N) is 1. The average molecular weight is 325 g/mol. The lowest BCUT2D eigenvalue weighted by Crippen LogP contribution is -2.30. The van der Waals surface area contributed by atoms with Gasteiger partial charge in [-0.25, -0.2) is 5.84 Å². The van der Waals surface area contributed by atoms with Gasteiger partial charge in [-0.3, -0.25) is 10.2 Å². The van der Waals surface area contributed by atoms with Crippen LogP contribution in [0, 0.1) is 6.92 Å². The first-order chi connectivity index (χ1) is 9.11. The van der Waals surface area contributed by atoms with Gasteiger partial charge in [-0.05, 0) is 41.1 Å². The van der Waals surface area contributed by atoms with Crippen molar-refractivity contribution >= 4 is 21.8 Å². The molecule has 1 aromatic carbocycles. The Morgan fingerprint density at radius 2 is 2.21 bits per heavy atom. The number of ether oxygens (including phenoxy) is 1. The smallest absolute Gasteiger partial charge is 0.268 e. The zero-order chi connectivity index (χ0) is 13.8. The van der Waals surface area contributed by atoms with Crippen molar-refractivity contribution in [3.05, 3.63) is 51.9 Å². The molecule has 0 atom stereocenters. The number of rotatable bonds is 4. The number of carbonyl (C=O) groups excluding carboxylic acids is 1. The van der Waals surface area contributed by atoms with Gasteiger partial charge in [0.25, 0.3) is 5.91 Å². The number of para-hydroxylation sites is 1. The molecule has 0 aliphatic rings. The van der Waals surface area contributed by atoms with Gasteiger partial charge in [0.15, 0.2) is 0 Å². The van der Waals surface area contributed by atoms with Crippen LogP contribution in [0.3, 0.4) is 0 Å². The minimum absolute atomic E-state index is 0.237. The second-order valence-electron chi connectivity index (χ2n) is 3.88. The molecule has 0 saturated heterocycles. The maximum Gasteiger partial charge on any atom is 0.268 e. The van der Waals surface area contributed by atoms with Gasteiger partial charge in [-0.1, -0.05) is 12.1 Å². The fraction of sp³-hybridized carbons (Fsp3) is 0.154. The molecule has 2 aromatic rings. The van der Waals surface area contributed by atoms with Crippen molar-refractivity contribution in [2.75, 3.05) is 0 Å². The van der Waals surface area contributed by atoms with Gasteiger partial charge < -0.3 is 9.15 Å². The van der Waals surface area contributed by atoms with E-state index >= 15 is 0 Å². The topological polar surface area (TPSA) is 77.5 Å². The predicted octanol–water partition coefficient (Wildman–Crippen LogP) is 2.53. The molecule has 100 valence electrons. The highest BCUT2D eigenvalue weighted by atomic mass is 79.9. The summed E-state index contributed by atoms with van der Waals surface area (Å²) in [6.07, 6.45) is 0. The van der Waals surface area contributed by atoms with E-state index in [9.17, 15) is 4.79 Å². The van der Waals surface area contributed by atoms with Crippen molar-refractivity contribution in [3.8, 4) is 5.75 Å². The number of nitrogen functional groups attached to an aromatic ring is 1. The number of furan rings is 1. The maximum absolute atomic E-state index is 11.4. The third-order valence-corrected chi connectivity index (χ3v) is 3.21. The van der Waals surface area contributed by atoms with Crippen LogP contribution in [0.2, 0.25) is 0 Å². The molecule has 5 nitrogen and oxygen atoms in total. The molecule has 19 heavy (non-hydrogen) atoms. The van der Waals surface area contributed by atoms with E-state index in [1.165, 1.54) is 0 Å². The van der Waals surface area contributed by atoms with Gasteiger partial charge in [-0.2, -0.15) is 0 Å². The Hall–Kier alpha value is -1.79. The van der Waals surface area contributed by atoms with Crippen molar-refractivity contribution in [1.29, 1.82) is 0 Å². The van der Waals surface area contributed by atoms with E-state index in [1.54, 1.807) is 13.0 Å². The van der Waals surface area contributed by atoms with Gasteiger partial charge in [0.05, 0.1) is 10.0 Å². The fourth-order valence-electron chi connectivity index (χ4n) is 1.63. The fourth-order valence-corrected chi connectivity index (χ4v) is 2.03. The van der Waals surface area contributed by atoms with Crippen LogP contribution in [0.5, 0.6) is 5.75 Å². The molecular formula is C13H13BrN2O3. The van der Waals surface area contributed by atoms with Crippen LogP contribution in [0.25, 0.3) is 0 Å². The first kappa shape index (κ1) is 13.6. The van der Waals surface area contributed by atoms with Crippen LogP contribution >= 0.6 is 15.9 Å². The van der Waals surface area contributed by atoms with Crippen molar-refractivity contribution in [2.24, 2.45) is 5.84 Å². The van der Waals surface area contributed by atoms with Gasteiger partial charge in [0.2, 0.25) is 0 Å². The number of hydrogen-bond donors (Lipinski definition) is 2. The molecule has 0 bridgehead atoms. The molecule has 0 fully saturated rings. The number of hydrogen-bond acceptors (Lipinski definition) is 4. The Bertz CT molecular complexity index is 595. The third kappa shape index (κ3) is 3.15. The lowest BCUT2D eigenvalue weighted by molar-refractivity contribution is 0.0952. The summed E-state index contributed by atoms with van der Waals surface area (Å²) < 4.78 is 11.9. The summed E-state index contributed by atoms with van der Waals surface area (Å²) in [4.78, 5) is 11.4. The first-order valence-corrected chi connectivity index (χ1v) is 6.38. The van der Waals surface area contributed by atoms with E-state index in [0.717, 1.165) is 4.47 Å². The number of amides is 1. The number of aryl methyl sites for hydroxylation is 1. The summed E-state index contributed by atoms with van der Waals surface area (Å²) in [6, 6.07) is 9.12. The summed E-state index contributed by atoms with van der Waals surface area (Å²) in [5.74, 6) is 6.49. The van der Waals surface area contributed by atoms with Crippen LogP contribution in [-0.4, -0.2) is 5.91 Å². The molecule has 1 heterocycles. The van der Waals surface area contributed by atoms with Gasteiger partial charge in [-0.15, -0.1) is 0 Å². The van der Waals surface area contributed by atoms with E-state index in [1.807, 2.05) is 24.3 Å². The average Bonchev–Trinajstić information content (AvgIpc) is 2.78. The van der Waals surface area contributed by atoms with Crippen LogP contribution in [0.15, 0.2) is 39.2 Å². The zero-order valence-electron chi connectivity index (χ0n) is 10.3. The number of carbonyl (C=O) groups is 1. The standard InChI is InChI=1S/C13H13BrN2O3/c1-8-10(13(17)16-15)6-9(19-8)7-18-12-5-3-2-4-11(12)14/h2-6H,7,15H2,1H3,(H,16,17). The lowest BCUT2D eigenvalue weighted by Gasteiger charge is -2.05. The molecule has 0 aliphatic heterocycles. The third-order valence-electron chi connectivity index (χ3n) is 2.55. The van der Waals surface area contributed by atoms with Crippen molar-refractivity contribution in [2.45, 2.75) is 13.5 Å². The molecule has 3 N–H and O–H groups in total. The van der Waals surface area contributed by atoms with Gasteiger partial charge in [0.1, 0.15) is 23.9 Å². The van der Waals surface area contributed by atoms with E-state index in [4.69, 9.17) is 15.0 Å². The highest BCUT2D eigenvalue weighted by Gasteiger charge is 2.14. The normalized spacial score (nSPS) is 10.3. The monoisotopic (exact) mass is 324 g/mol. The Morgan fingerprint density at radius 3 is 2.89 bits per heavy atom. The number of halogens is 1. The Kier molecular flexibility index (Phi) is 4.24. The minimum Gasteiger partial charge on any atom is -0.484 e. The summed E-state index contributed by atoms with van der Waals surface area (Å²) in [5, 5.41) is 0. The second-order valence-corrected chi connectivity index (χ2v) is 4.73. The zero-order valence-corrected chi connectivity index (χ0v) is 11.9. The molecule has 0 aliphatic carbocycles. The highest BCUT2D eigenvalue weighted by molar-refractivity contribution is 9.10. The SMILES string of the molecule is Cc1oc(COc2ccccc2Br)cc1C(=O)NN. The van der Waals surface area contributed by atoms with Crippen LogP contribution in [0.1, 0.15) is 21.9 Å². The highest BCUT2D eigenvalue weighted by Crippen LogP contribution is 2.25. The van der Waals surface area contributed by atoms with Gasteiger partial charge in [0, 0.05) is 0 Å². The van der Waals surface area contributed by atoms with Crippen molar-refractivity contribution < 1.29 is 13.9 Å². The summed E-state index contributed by atoms with van der Waals surface area (Å²) >= 11 is 3.39.